The molecule has 0 saturated carbocycles. The Labute approximate surface area is 155 Å². The van der Waals surface area contributed by atoms with E-state index >= 15 is 0 Å². The molecule has 26 heavy (non-hydrogen) atoms. The summed E-state index contributed by atoms with van der Waals surface area (Å²) in [6.07, 6.45) is 5.19. The first-order chi connectivity index (χ1) is 12.4. The number of carboxylic acid groups (broad SMARTS) is 1. The summed E-state index contributed by atoms with van der Waals surface area (Å²) in [5, 5.41) is 9.00. The quantitative estimate of drug-likeness (QED) is 0.748. The Morgan fingerprint density at radius 3 is 2.73 bits per heavy atom. The van der Waals surface area contributed by atoms with Crippen molar-refractivity contribution in [2.24, 2.45) is 5.92 Å². The van der Waals surface area contributed by atoms with Gasteiger partial charge in [-0.2, -0.15) is 0 Å². The SMILES string of the molecule is CN(CC(=O)N1CC[C@H](N(C)C)[C@H](CCC(=O)O)C1)Cc1cccnc1. The van der Waals surface area contributed by atoms with E-state index < -0.39 is 5.97 Å². The molecular formula is C19H30N4O3. The zero-order chi connectivity index (χ0) is 19.1. The van der Waals surface area contributed by atoms with Crippen molar-refractivity contribution in [1.29, 1.82) is 0 Å². The first kappa shape index (κ1) is 20.3. The molecule has 2 atom stereocenters. The Morgan fingerprint density at radius 2 is 2.12 bits per heavy atom. The van der Waals surface area contributed by atoms with Crippen LogP contribution in [-0.2, 0) is 16.1 Å². The van der Waals surface area contributed by atoms with Crippen LogP contribution < -0.4 is 0 Å². The van der Waals surface area contributed by atoms with E-state index in [1.165, 1.54) is 0 Å². The standard InChI is InChI=1S/C19H30N4O3/c1-21(2)17-8-10-23(13-16(17)6-7-19(25)26)18(24)14-22(3)12-15-5-4-9-20-11-15/h4-5,9,11,16-17H,6-8,10,12-14H2,1-3H3,(H,25,26)/t16-,17+/m1/s1. The van der Waals surface area contributed by atoms with E-state index in [0.29, 0.717) is 32.1 Å². The fourth-order valence-corrected chi connectivity index (χ4v) is 3.71. The maximum absolute atomic E-state index is 12.7. The molecule has 7 heteroatoms. The molecule has 1 aromatic heterocycles. The summed E-state index contributed by atoms with van der Waals surface area (Å²) >= 11 is 0. The lowest BCUT2D eigenvalue weighted by atomic mass is 9.87. The zero-order valence-electron chi connectivity index (χ0n) is 16.0. The van der Waals surface area contributed by atoms with Crippen LogP contribution in [0.3, 0.4) is 0 Å². The van der Waals surface area contributed by atoms with E-state index in [4.69, 9.17) is 5.11 Å². The topological polar surface area (TPSA) is 77.0 Å². The third-order valence-electron chi connectivity index (χ3n) is 5.02. The molecule has 0 aromatic carbocycles. The second kappa shape index (κ2) is 9.64. The molecule has 0 aliphatic carbocycles. The molecule has 0 spiro atoms. The van der Waals surface area contributed by atoms with Crippen molar-refractivity contribution >= 4 is 11.9 Å². The summed E-state index contributed by atoms with van der Waals surface area (Å²) in [6.45, 7) is 2.39. The van der Waals surface area contributed by atoms with Crippen molar-refractivity contribution in [2.75, 3.05) is 40.8 Å². The van der Waals surface area contributed by atoms with Crippen LogP contribution in [0.5, 0.6) is 0 Å². The second-order valence-corrected chi connectivity index (χ2v) is 7.39. The number of aliphatic carboxylic acids is 1. The Hall–Kier alpha value is -1.99. The Balaban J connectivity index is 1.90. The highest BCUT2D eigenvalue weighted by Gasteiger charge is 2.32. The van der Waals surface area contributed by atoms with Gasteiger partial charge in [-0.3, -0.25) is 19.5 Å². The monoisotopic (exact) mass is 362 g/mol. The number of pyridine rings is 1. The van der Waals surface area contributed by atoms with Crippen LogP contribution in [0.4, 0.5) is 0 Å². The highest BCUT2D eigenvalue weighted by atomic mass is 16.4. The minimum absolute atomic E-state index is 0.105. The van der Waals surface area contributed by atoms with Gasteiger partial charge in [-0.15, -0.1) is 0 Å². The van der Waals surface area contributed by atoms with Gasteiger partial charge in [0.1, 0.15) is 0 Å². The van der Waals surface area contributed by atoms with Crippen LogP contribution in [0.2, 0.25) is 0 Å². The van der Waals surface area contributed by atoms with E-state index in [2.05, 4.69) is 9.88 Å². The number of likely N-dealkylation sites (N-methyl/N-ethyl adjacent to an activating group) is 1. The Kier molecular flexibility index (Phi) is 7.53. The number of hydrogen-bond acceptors (Lipinski definition) is 5. The van der Waals surface area contributed by atoms with E-state index in [0.717, 1.165) is 18.5 Å². The Morgan fingerprint density at radius 1 is 1.35 bits per heavy atom. The maximum atomic E-state index is 12.7. The van der Waals surface area contributed by atoms with E-state index in [1.807, 2.05) is 49.3 Å². The average molecular weight is 362 g/mol. The molecule has 1 amide bonds. The second-order valence-electron chi connectivity index (χ2n) is 7.39. The molecule has 2 heterocycles. The summed E-state index contributed by atoms with van der Waals surface area (Å²) in [6, 6.07) is 4.22. The number of carbonyl (C=O) groups excluding carboxylic acids is 1. The molecule has 2 rings (SSSR count). The predicted octanol–water partition coefficient (Wildman–Crippen LogP) is 1.16. The average Bonchev–Trinajstić information content (AvgIpc) is 2.60. The van der Waals surface area contributed by atoms with Gasteiger partial charge in [-0.1, -0.05) is 6.07 Å². The van der Waals surface area contributed by atoms with E-state index in [9.17, 15) is 9.59 Å². The van der Waals surface area contributed by atoms with Crippen molar-refractivity contribution in [2.45, 2.75) is 31.8 Å². The number of amides is 1. The van der Waals surface area contributed by atoms with Crippen molar-refractivity contribution in [1.82, 2.24) is 19.7 Å². The fourth-order valence-electron chi connectivity index (χ4n) is 3.71. The first-order valence-electron chi connectivity index (χ1n) is 9.10. The molecule has 1 N–H and O–H groups in total. The van der Waals surface area contributed by atoms with Crippen LogP contribution in [0.1, 0.15) is 24.8 Å². The summed E-state index contributed by atoms with van der Waals surface area (Å²) in [5.74, 6) is -0.474. The number of carbonyl (C=O) groups is 2. The van der Waals surface area contributed by atoms with Gasteiger partial charge in [-0.25, -0.2) is 0 Å². The third kappa shape index (κ3) is 6.07. The summed E-state index contributed by atoms with van der Waals surface area (Å²) < 4.78 is 0. The summed E-state index contributed by atoms with van der Waals surface area (Å²) in [4.78, 5) is 33.8. The van der Waals surface area contributed by atoms with Gasteiger partial charge in [0.25, 0.3) is 0 Å². The fraction of sp³-hybridized carbons (Fsp3) is 0.632. The lowest BCUT2D eigenvalue weighted by molar-refractivity contribution is -0.137. The molecule has 144 valence electrons. The third-order valence-corrected chi connectivity index (χ3v) is 5.02. The van der Waals surface area contributed by atoms with E-state index in [-0.39, 0.29) is 18.2 Å². The molecule has 0 unspecified atom stereocenters. The number of hydrogen-bond donors (Lipinski definition) is 1. The smallest absolute Gasteiger partial charge is 0.303 e. The molecule has 0 radical (unpaired) electrons. The van der Waals surface area contributed by atoms with Crippen molar-refractivity contribution in [3.8, 4) is 0 Å². The minimum Gasteiger partial charge on any atom is -0.481 e. The number of piperidine rings is 1. The highest BCUT2D eigenvalue weighted by molar-refractivity contribution is 5.78. The van der Waals surface area contributed by atoms with Crippen LogP contribution in [0.15, 0.2) is 24.5 Å². The van der Waals surface area contributed by atoms with Gasteiger partial charge in [0.15, 0.2) is 0 Å². The molecule has 1 fully saturated rings. The number of aromatic nitrogens is 1. The Bertz CT molecular complexity index is 594. The molecule has 0 bridgehead atoms. The lowest BCUT2D eigenvalue weighted by Gasteiger charge is -2.42. The lowest BCUT2D eigenvalue weighted by Crippen LogP contribution is -2.52. The molecule has 1 saturated heterocycles. The highest BCUT2D eigenvalue weighted by Crippen LogP contribution is 2.25. The number of carboxylic acids is 1. The van der Waals surface area contributed by atoms with E-state index in [1.54, 1.807) is 6.20 Å². The van der Waals surface area contributed by atoms with Gasteiger partial charge < -0.3 is 14.9 Å². The van der Waals surface area contributed by atoms with Crippen LogP contribution in [-0.4, -0.2) is 83.5 Å². The molecule has 1 aromatic rings. The molecular weight excluding hydrogens is 332 g/mol. The van der Waals surface area contributed by atoms with Crippen LogP contribution in [0, 0.1) is 5.92 Å². The summed E-state index contributed by atoms with van der Waals surface area (Å²) in [5.41, 5.74) is 1.08. The normalized spacial score (nSPS) is 20.6. The van der Waals surface area contributed by atoms with Crippen molar-refractivity contribution in [3.63, 3.8) is 0 Å². The summed E-state index contributed by atoms with van der Waals surface area (Å²) in [7, 11) is 5.98. The van der Waals surface area contributed by atoms with Gasteiger partial charge in [0, 0.05) is 44.5 Å². The van der Waals surface area contributed by atoms with Crippen LogP contribution in [0.25, 0.3) is 0 Å². The number of nitrogens with zero attached hydrogens (tertiary/aromatic N) is 4. The first-order valence-corrected chi connectivity index (χ1v) is 9.10. The van der Waals surface area contributed by atoms with Crippen molar-refractivity contribution < 1.29 is 14.7 Å². The van der Waals surface area contributed by atoms with Gasteiger partial charge >= 0.3 is 5.97 Å². The maximum Gasteiger partial charge on any atom is 0.303 e. The largest absolute Gasteiger partial charge is 0.481 e. The van der Waals surface area contributed by atoms with Crippen LogP contribution >= 0.6 is 0 Å². The number of rotatable bonds is 8. The molecule has 1 aliphatic rings. The van der Waals surface area contributed by atoms with Gasteiger partial charge in [0.2, 0.25) is 5.91 Å². The minimum atomic E-state index is -0.776. The van der Waals surface area contributed by atoms with Gasteiger partial charge in [0.05, 0.1) is 6.54 Å². The molecule has 1 aliphatic heterocycles. The predicted molar refractivity (Wildman–Crippen MR) is 99.6 cm³/mol. The molecule has 7 nitrogen and oxygen atoms in total. The van der Waals surface area contributed by atoms with Crippen molar-refractivity contribution in [3.05, 3.63) is 30.1 Å². The zero-order valence-corrected chi connectivity index (χ0v) is 16.0. The van der Waals surface area contributed by atoms with Gasteiger partial charge in [-0.05, 0) is 51.5 Å². The number of likely N-dealkylation sites (tertiary alicyclic amines) is 1.